The van der Waals surface area contributed by atoms with Crippen LogP contribution < -0.4 is 0 Å². The van der Waals surface area contributed by atoms with Crippen LogP contribution in [0.15, 0.2) is 212 Å². The lowest BCUT2D eigenvalue weighted by Gasteiger charge is -2.11. The highest BCUT2D eigenvalue weighted by molar-refractivity contribution is 6.14. The molecule has 0 saturated heterocycles. The van der Waals surface area contributed by atoms with Gasteiger partial charge in [0.2, 0.25) is 0 Å². The zero-order valence-corrected chi connectivity index (χ0v) is 30.5. The van der Waals surface area contributed by atoms with E-state index in [-0.39, 0.29) is 57.6 Å². The van der Waals surface area contributed by atoms with Crippen LogP contribution in [0, 0.1) is 0 Å². The van der Waals surface area contributed by atoms with E-state index >= 15 is 0 Å². The molecular formula is C54H35N3. The average Bonchev–Trinajstić information content (AvgIpc) is 3.99. The summed E-state index contributed by atoms with van der Waals surface area (Å²) in [5.74, 6) is 0. The van der Waals surface area contributed by atoms with Crippen LogP contribution >= 0.6 is 0 Å². The number of nitrogens with zero attached hydrogens (tertiary/aromatic N) is 3. The number of hydrogen-bond donors (Lipinski definition) is 0. The largest absolute Gasteiger partial charge is 0.309 e. The number of aromatic nitrogens is 3. The number of benzene rings is 9. The second-order valence-electron chi connectivity index (χ2n) is 14.4. The molecule has 0 unspecified atom stereocenters. The number of fused-ring (bicyclic) bond motifs is 9. The van der Waals surface area contributed by atoms with Gasteiger partial charge in [0, 0.05) is 49.4 Å². The van der Waals surface area contributed by atoms with Gasteiger partial charge in [-0.25, -0.2) is 0 Å². The smallest absolute Gasteiger partial charge is 0.0645 e. The number of hydrogen-bond acceptors (Lipinski definition) is 0. The maximum Gasteiger partial charge on any atom is 0.0645 e. The van der Waals surface area contributed by atoms with Crippen LogP contribution in [-0.2, 0) is 0 Å². The average molecular weight is 733 g/mol. The lowest BCUT2D eigenvalue weighted by atomic mass is 9.99. The van der Waals surface area contributed by atoms with E-state index in [1.54, 1.807) is 4.57 Å². The first kappa shape index (κ1) is 25.5. The minimum atomic E-state index is -0.426. The maximum absolute atomic E-state index is 9.96. The SMILES string of the molecule is [2H]c1c([2H])c([2H])c2c(c1[2H])c1c([2H])c(-c3ccc4c(c3)c3ccc(-c5ccccc5)cc3n4-c3ccccc3)c([2H])c([2H])c1n2-c1ccc2c(c1)c1ccccc1n2-c1ccccc1. The molecule has 3 heteroatoms. The summed E-state index contributed by atoms with van der Waals surface area (Å²) < 4.78 is 71.6. The van der Waals surface area contributed by atoms with Gasteiger partial charge in [-0.3, -0.25) is 0 Å². The third-order valence-corrected chi connectivity index (χ3v) is 11.3. The Morgan fingerprint density at radius 3 is 1.63 bits per heavy atom. The van der Waals surface area contributed by atoms with Crippen molar-refractivity contribution in [1.29, 1.82) is 0 Å². The Morgan fingerprint density at radius 1 is 0.281 bits per heavy atom. The highest BCUT2D eigenvalue weighted by atomic mass is 15.0. The molecule has 0 bridgehead atoms. The predicted octanol–water partition coefficient (Wildman–Crippen LogP) is 14.3. The summed E-state index contributed by atoms with van der Waals surface area (Å²) in [6.07, 6.45) is 0. The van der Waals surface area contributed by atoms with Gasteiger partial charge in [0.1, 0.15) is 0 Å². The van der Waals surface area contributed by atoms with Crippen LogP contribution in [0.4, 0.5) is 0 Å². The summed E-state index contributed by atoms with van der Waals surface area (Å²) in [6.45, 7) is 0. The lowest BCUT2D eigenvalue weighted by molar-refractivity contribution is 1.17. The second kappa shape index (κ2) is 12.5. The van der Waals surface area contributed by atoms with Crippen molar-refractivity contribution in [3.8, 4) is 39.3 Å². The summed E-state index contributed by atoms with van der Waals surface area (Å²) in [7, 11) is 0. The van der Waals surface area contributed by atoms with Crippen molar-refractivity contribution in [2.45, 2.75) is 0 Å². The lowest BCUT2D eigenvalue weighted by Crippen LogP contribution is -1.95. The molecule has 0 saturated carbocycles. The van der Waals surface area contributed by atoms with Crippen molar-refractivity contribution < 1.29 is 9.60 Å². The zero-order chi connectivity index (χ0) is 43.5. The van der Waals surface area contributed by atoms with E-state index < -0.39 is 12.1 Å². The molecular weight excluding hydrogens is 691 g/mol. The molecule has 12 rings (SSSR count). The molecule has 0 atom stereocenters. The molecule has 57 heavy (non-hydrogen) atoms. The summed E-state index contributed by atoms with van der Waals surface area (Å²) in [4.78, 5) is 0. The third kappa shape index (κ3) is 4.86. The molecule has 0 aliphatic rings. The standard InChI is InChI=1S/C54H35N3/c1-4-14-36(15-5-1)39-24-28-45-47-33-38(25-29-51(47)56(54(45)34-39)41-18-8-3-9-19-41)37-26-30-52-46(32-37)43-20-10-13-23-50(43)57(52)42-27-31-53-48(35-42)44-21-11-12-22-49(44)55(53)40-16-6-2-7-17-40/h1-35H/i10D,13D,20D,23D,26D,30D,32D. The monoisotopic (exact) mass is 732 g/mol. The van der Waals surface area contributed by atoms with Crippen LogP contribution in [0.25, 0.3) is 105 Å². The molecule has 0 aliphatic heterocycles. The van der Waals surface area contributed by atoms with Crippen molar-refractivity contribution in [2.75, 3.05) is 0 Å². The van der Waals surface area contributed by atoms with Gasteiger partial charge in [-0.1, -0.05) is 127 Å². The molecule has 12 aromatic rings. The molecule has 3 aromatic heterocycles. The predicted molar refractivity (Wildman–Crippen MR) is 240 cm³/mol. The van der Waals surface area contributed by atoms with Crippen LogP contribution in [0.5, 0.6) is 0 Å². The van der Waals surface area contributed by atoms with Crippen LogP contribution in [0.1, 0.15) is 9.60 Å². The van der Waals surface area contributed by atoms with E-state index in [2.05, 4.69) is 75.9 Å². The fraction of sp³-hybridized carbons (Fsp3) is 0. The molecule has 0 fully saturated rings. The minimum Gasteiger partial charge on any atom is -0.309 e. The van der Waals surface area contributed by atoms with Gasteiger partial charge in [-0.05, 0) is 107 Å². The van der Waals surface area contributed by atoms with Crippen molar-refractivity contribution in [3.05, 3.63) is 212 Å². The van der Waals surface area contributed by atoms with Crippen LogP contribution in [-0.4, -0.2) is 13.7 Å². The van der Waals surface area contributed by atoms with Gasteiger partial charge in [0.25, 0.3) is 0 Å². The molecule has 9 aromatic carbocycles. The Hall–Kier alpha value is -7.62. The summed E-state index contributed by atoms with van der Waals surface area (Å²) >= 11 is 0. The molecule has 3 heterocycles. The van der Waals surface area contributed by atoms with Crippen LogP contribution in [0.3, 0.4) is 0 Å². The van der Waals surface area contributed by atoms with Gasteiger partial charge < -0.3 is 13.7 Å². The van der Waals surface area contributed by atoms with Crippen molar-refractivity contribution in [2.24, 2.45) is 0 Å². The summed E-state index contributed by atoms with van der Waals surface area (Å²) in [5.41, 5.74) is 9.69. The fourth-order valence-corrected chi connectivity index (χ4v) is 8.71. The topological polar surface area (TPSA) is 14.8 Å². The van der Waals surface area contributed by atoms with Gasteiger partial charge in [-0.2, -0.15) is 0 Å². The molecule has 0 aliphatic carbocycles. The maximum atomic E-state index is 9.96. The van der Waals surface area contributed by atoms with E-state index in [4.69, 9.17) is 2.74 Å². The molecule has 3 nitrogen and oxygen atoms in total. The molecule has 266 valence electrons. The third-order valence-electron chi connectivity index (χ3n) is 11.3. The molecule has 0 radical (unpaired) electrons. The number of rotatable bonds is 5. The Balaban J connectivity index is 1.14. The normalized spacial score (nSPS) is 13.6. The highest BCUT2D eigenvalue weighted by Crippen LogP contribution is 2.40. The first-order chi connectivity index (χ1) is 31.2. The van der Waals surface area contributed by atoms with Gasteiger partial charge in [0.05, 0.1) is 42.7 Å². The quantitative estimate of drug-likeness (QED) is 0.167. The van der Waals surface area contributed by atoms with Crippen molar-refractivity contribution in [1.82, 2.24) is 13.7 Å². The van der Waals surface area contributed by atoms with Gasteiger partial charge in [-0.15, -0.1) is 0 Å². The van der Waals surface area contributed by atoms with E-state index in [1.165, 1.54) is 0 Å². The summed E-state index contributed by atoms with van der Waals surface area (Å²) in [6, 6.07) is 54.9. The summed E-state index contributed by atoms with van der Waals surface area (Å²) in [5, 5.41) is 4.13. The van der Waals surface area contributed by atoms with Crippen LogP contribution in [0.2, 0.25) is 0 Å². The first-order valence-electron chi connectivity index (χ1n) is 22.5. The Kier molecular flexibility index (Phi) is 5.56. The Labute approximate surface area is 339 Å². The minimum absolute atomic E-state index is 0.0796. The molecule has 0 N–H and O–H groups in total. The van der Waals surface area contributed by atoms with Gasteiger partial charge in [0.15, 0.2) is 0 Å². The second-order valence-corrected chi connectivity index (χ2v) is 14.4. The van der Waals surface area contributed by atoms with E-state index in [1.807, 2.05) is 103 Å². The number of para-hydroxylation sites is 4. The highest BCUT2D eigenvalue weighted by Gasteiger charge is 2.18. The van der Waals surface area contributed by atoms with E-state index in [0.717, 1.165) is 66.1 Å². The molecule has 0 spiro atoms. The van der Waals surface area contributed by atoms with Gasteiger partial charge >= 0.3 is 0 Å². The van der Waals surface area contributed by atoms with E-state index in [0.29, 0.717) is 11.3 Å². The zero-order valence-electron chi connectivity index (χ0n) is 37.5. The van der Waals surface area contributed by atoms with Crippen molar-refractivity contribution in [3.63, 3.8) is 0 Å². The van der Waals surface area contributed by atoms with Crippen molar-refractivity contribution >= 4 is 65.4 Å². The van der Waals surface area contributed by atoms with E-state index in [9.17, 15) is 6.85 Å². The Morgan fingerprint density at radius 2 is 0.842 bits per heavy atom. The Bertz CT molecular complexity index is 3910. The first-order valence-corrected chi connectivity index (χ1v) is 19.0. The molecule has 0 amide bonds. The fourth-order valence-electron chi connectivity index (χ4n) is 8.71.